The Kier molecular flexibility index (Phi) is 10.8. The Morgan fingerprint density at radius 3 is 2.45 bits per heavy atom. The maximum absolute atomic E-state index is 13.2. The van der Waals surface area contributed by atoms with Crippen LogP contribution in [0.25, 0.3) is 22.2 Å². The summed E-state index contributed by atoms with van der Waals surface area (Å²) in [7, 11) is 0. The summed E-state index contributed by atoms with van der Waals surface area (Å²) in [5, 5.41) is 3.12. The van der Waals surface area contributed by atoms with Crippen molar-refractivity contribution >= 4 is 35.1 Å². The second kappa shape index (κ2) is 15.0. The van der Waals surface area contributed by atoms with Gasteiger partial charge in [-0.1, -0.05) is 75.1 Å². The monoisotopic (exact) mass is 637 g/mol. The van der Waals surface area contributed by atoms with E-state index in [4.69, 9.17) is 14.5 Å². The molecule has 1 aromatic heterocycles. The maximum Gasteiger partial charge on any atom is 0.514 e. The van der Waals surface area contributed by atoms with Gasteiger partial charge in [-0.25, -0.2) is 9.78 Å². The van der Waals surface area contributed by atoms with Crippen LogP contribution in [0.5, 0.6) is 5.75 Å². The van der Waals surface area contributed by atoms with Gasteiger partial charge in [0.05, 0.1) is 11.0 Å². The van der Waals surface area contributed by atoms with Crippen molar-refractivity contribution < 1.29 is 23.9 Å². The predicted molar refractivity (Wildman–Crippen MR) is 186 cm³/mol. The number of hydrogen-bond donors (Lipinski definition) is 1. The van der Waals surface area contributed by atoms with E-state index in [0.29, 0.717) is 25.1 Å². The number of amides is 1. The number of carbonyl (C=O) groups excluding carboxylic acids is 3. The van der Waals surface area contributed by atoms with Gasteiger partial charge in [0.25, 0.3) is 0 Å². The van der Waals surface area contributed by atoms with Crippen LogP contribution in [-0.4, -0.2) is 33.5 Å². The van der Waals surface area contributed by atoms with Crippen LogP contribution in [0.1, 0.15) is 96.9 Å². The van der Waals surface area contributed by atoms with Crippen molar-refractivity contribution in [1.29, 1.82) is 0 Å². The number of fused-ring (bicyclic) bond motifs is 1. The van der Waals surface area contributed by atoms with Crippen LogP contribution < -0.4 is 10.1 Å². The second-order valence-electron chi connectivity index (χ2n) is 13.8. The van der Waals surface area contributed by atoms with Crippen molar-refractivity contribution in [3.8, 4) is 16.9 Å². The molecule has 1 fully saturated rings. The molecule has 8 heteroatoms. The molecule has 1 saturated carbocycles. The van der Waals surface area contributed by atoms with Crippen molar-refractivity contribution in [2.24, 2.45) is 5.41 Å². The van der Waals surface area contributed by atoms with Gasteiger partial charge in [-0.05, 0) is 80.8 Å². The van der Waals surface area contributed by atoms with Gasteiger partial charge in [0, 0.05) is 37.1 Å². The number of aromatic nitrogens is 2. The molecule has 47 heavy (non-hydrogen) atoms. The fraction of sp³-hybridized carbons (Fsp3) is 0.436. The number of hydrogen-bond acceptors (Lipinski definition) is 6. The molecule has 3 aromatic carbocycles. The molecular weight excluding hydrogens is 590 g/mol. The predicted octanol–water partition coefficient (Wildman–Crippen LogP) is 9.28. The molecule has 248 valence electrons. The lowest BCUT2D eigenvalue weighted by atomic mass is 9.70. The zero-order chi connectivity index (χ0) is 33.4. The van der Waals surface area contributed by atoms with Crippen molar-refractivity contribution in [2.75, 3.05) is 5.32 Å². The largest absolute Gasteiger partial charge is 0.514 e. The lowest BCUT2D eigenvalue weighted by Crippen LogP contribution is -2.30. The van der Waals surface area contributed by atoms with E-state index in [0.717, 1.165) is 90.5 Å². The quantitative estimate of drug-likeness (QED) is 0.0944. The number of unbranched alkanes of at least 4 members (excludes halogenated alkanes) is 1. The van der Waals surface area contributed by atoms with Gasteiger partial charge < -0.3 is 24.2 Å². The average Bonchev–Trinajstić information content (AvgIpc) is 3.36. The van der Waals surface area contributed by atoms with Crippen LogP contribution >= 0.6 is 0 Å². The minimum Gasteiger partial charge on any atom is -0.428 e. The lowest BCUT2D eigenvalue weighted by molar-refractivity contribution is -0.120. The molecule has 1 aliphatic carbocycles. The molecule has 0 unspecified atom stereocenters. The van der Waals surface area contributed by atoms with Gasteiger partial charge in [0.1, 0.15) is 23.5 Å². The molecule has 1 amide bonds. The number of aldehydes is 1. The van der Waals surface area contributed by atoms with Crippen LogP contribution in [0.15, 0.2) is 66.7 Å². The van der Waals surface area contributed by atoms with Gasteiger partial charge in [0.2, 0.25) is 5.91 Å². The first-order valence-electron chi connectivity index (χ1n) is 16.9. The number of nitrogens with one attached hydrogen (secondary N) is 1. The van der Waals surface area contributed by atoms with E-state index in [1.807, 2.05) is 48.5 Å². The third kappa shape index (κ3) is 8.88. The summed E-state index contributed by atoms with van der Waals surface area (Å²) in [5.41, 5.74) is 4.53. The van der Waals surface area contributed by atoms with Crippen LogP contribution in [-0.2, 0) is 27.3 Å². The smallest absolute Gasteiger partial charge is 0.428 e. The molecule has 0 bridgehead atoms. The Morgan fingerprint density at radius 1 is 1.00 bits per heavy atom. The van der Waals surface area contributed by atoms with E-state index >= 15 is 0 Å². The number of imidazole rings is 1. The van der Waals surface area contributed by atoms with E-state index in [1.54, 1.807) is 26.8 Å². The first kappa shape index (κ1) is 33.9. The van der Waals surface area contributed by atoms with Crippen molar-refractivity contribution in [3.63, 3.8) is 0 Å². The van der Waals surface area contributed by atoms with Crippen molar-refractivity contribution in [2.45, 2.75) is 104 Å². The highest BCUT2D eigenvalue weighted by Gasteiger charge is 2.34. The summed E-state index contributed by atoms with van der Waals surface area (Å²) in [6.07, 6.45) is 9.14. The molecule has 1 aliphatic rings. The molecular formula is C39H47N3O5. The molecule has 0 aliphatic heterocycles. The van der Waals surface area contributed by atoms with Gasteiger partial charge >= 0.3 is 6.16 Å². The molecule has 0 radical (unpaired) electrons. The zero-order valence-corrected chi connectivity index (χ0v) is 28.1. The Bertz CT molecular complexity index is 1690. The third-order valence-electron chi connectivity index (χ3n) is 8.91. The molecule has 1 heterocycles. The highest BCUT2D eigenvalue weighted by Crippen LogP contribution is 2.42. The van der Waals surface area contributed by atoms with E-state index in [1.165, 1.54) is 6.42 Å². The standard InChI is InChI=1S/C39H47N3O5/c1-5-6-14-35-41-32-20-19-30(40-36(44)26-39(23-24-43)21-10-7-11-22-39)25-33(32)42(35)27-28-15-17-29(18-16-28)31-12-8-9-13-34(31)46-37(45)47-38(2,3)4/h8-9,12-13,15-20,24-25H,5-7,10-11,14,21-23,26-27H2,1-4H3,(H,40,44). The SMILES string of the molecule is CCCCc1nc2ccc(NC(=O)CC3(CC=O)CCCCC3)cc2n1Cc1ccc(-c2ccccc2OC(=O)OC(C)(C)C)cc1. The van der Waals surface area contributed by atoms with E-state index in [9.17, 15) is 14.4 Å². The first-order chi connectivity index (χ1) is 22.6. The van der Waals surface area contributed by atoms with Gasteiger partial charge in [0.15, 0.2) is 0 Å². The van der Waals surface area contributed by atoms with E-state index in [2.05, 4.69) is 28.9 Å². The Hall–Kier alpha value is -4.46. The highest BCUT2D eigenvalue weighted by molar-refractivity contribution is 5.93. The summed E-state index contributed by atoms with van der Waals surface area (Å²) in [6, 6.07) is 21.6. The van der Waals surface area contributed by atoms with Crippen molar-refractivity contribution in [1.82, 2.24) is 9.55 Å². The third-order valence-corrected chi connectivity index (χ3v) is 8.91. The van der Waals surface area contributed by atoms with E-state index < -0.39 is 11.8 Å². The van der Waals surface area contributed by atoms with E-state index in [-0.39, 0.29) is 11.3 Å². The Balaban J connectivity index is 1.36. The zero-order valence-electron chi connectivity index (χ0n) is 28.1. The Labute approximate surface area is 277 Å². The molecule has 0 saturated heterocycles. The maximum atomic E-state index is 13.2. The molecule has 5 rings (SSSR count). The van der Waals surface area contributed by atoms with Gasteiger partial charge in [-0.2, -0.15) is 0 Å². The molecule has 0 spiro atoms. The van der Waals surface area contributed by atoms with Gasteiger partial charge in [-0.3, -0.25) is 4.79 Å². The number of carbonyl (C=O) groups is 3. The summed E-state index contributed by atoms with van der Waals surface area (Å²) >= 11 is 0. The van der Waals surface area contributed by atoms with Crippen LogP contribution in [0, 0.1) is 5.41 Å². The molecule has 1 N–H and O–H groups in total. The minimum absolute atomic E-state index is 0.0445. The summed E-state index contributed by atoms with van der Waals surface area (Å²) in [4.78, 5) is 42.0. The Morgan fingerprint density at radius 2 is 1.74 bits per heavy atom. The molecule has 0 atom stereocenters. The minimum atomic E-state index is -0.738. The average molecular weight is 638 g/mol. The molecule has 8 nitrogen and oxygen atoms in total. The van der Waals surface area contributed by atoms with Crippen LogP contribution in [0.4, 0.5) is 10.5 Å². The number of aryl methyl sites for hydroxylation is 1. The van der Waals surface area contributed by atoms with Gasteiger partial charge in [-0.15, -0.1) is 0 Å². The highest BCUT2D eigenvalue weighted by atomic mass is 16.7. The second-order valence-corrected chi connectivity index (χ2v) is 13.8. The van der Waals surface area contributed by atoms with Crippen LogP contribution in [0.2, 0.25) is 0 Å². The molecule has 4 aromatic rings. The lowest BCUT2D eigenvalue weighted by Gasteiger charge is -2.35. The number of ether oxygens (including phenoxy) is 2. The fourth-order valence-electron chi connectivity index (χ4n) is 6.56. The first-order valence-corrected chi connectivity index (χ1v) is 16.9. The number of nitrogens with zero attached hydrogens (tertiary/aromatic N) is 2. The van der Waals surface area contributed by atoms with Crippen LogP contribution in [0.3, 0.4) is 0 Å². The summed E-state index contributed by atoms with van der Waals surface area (Å²) in [6.45, 7) is 8.20. The summed E-state index contributed by atoms with van der Waals surface area (Å²) in [5.74, 6) is 1.40. The number of benzene rings is 3. The number of anilines is 1. The summed E-state index contributed by atoms with van der Waals surface area (Å²) < 4.78 is 13.2. The number of para-hydroxylation sites is 1. The van der Waals surface area contributed by atoms with Crippen molar-refractivity contribution in [3.05, 3.63) is 78.1 Å². The topological polar surface area (TPSA) is 99.5 Å². The fourth-order valence-corrected chi connectivity index (χ4v) is 6.56. The number of rotatable bonds is 12. The normalized spacial score (nSPS) is 14.5.